The molecule has 0 aromatic heterocycles. The second kappa shape index (κ2) is 8.06. The molecule has 0 amide bonds. The van der Waals surface area contributed by atoms with Gasteiger partial charge in [0.15, 0.2) is 0 Å². The highest BCUT2D eigenvalue weighted by atomic mass is 79.9. The van der Waals surface area contributed by atoms with Crippen molar-refractivity contribution in [2.24, 2.45) is 5.92 Å². The lowest BCUT2D eigenvalue weighted by Gasteiger charge is -2.19. The van der Waals surface area contributed by atoms with E-state index in [1.54, 1.807) is 0 Å². The van der Waals surface area contributed by atoms with Crippen LogP contribution in [0.15, 0.2) is 28.7 Å². The molecule has 2 rings (SSSR count). The Bertz CT molecular complexity index is 352. The summed E-state index contributed by atoms with van der Waals surface area (Å²) in [6.45, 7) is 3.51. The Hall–Kier alpha value is -0.340. The zero-order valence-corrected chi connectivity index (χ0v) is 13.6. The minimum atomic E-state index is 0.574. The molecule has 1 aromatic rings. The van der Waals surface area contributed by atoms with Gasteiger partial charge in [0.25, 0.3) is 0 Å². The predicted octanol–water partition coefficient (Wildman–Crippen LogP) is 4.94. The van der Waals surface area contributed by atoms with Crippen molar-refractivity contribution < 1.29 is 0 Å². The molecule has 19 heavy (non-hydrogen) atoms. The van der Waals surface area contributed by atoms with Gasteiger partial charge in [-0.3, -0.25) is 0 Å². The minimum absolute atomic E-state index is 0.574. The first kappa shape index (κ1) is 15.1. The number of halogens is 1. The Morgan fingerprint density at radius 1 is 1.11 bits per heavy atom. The molecule has 2 heteroatoms. The minimum Gasteiger partial charge on any atom is -0.314 e. The summed E-state index contributed by atoms with van der Waals surface area (Å²) in [5.74, 6) is 0.912. The summed E-state index contributed by atoms with van der Waals surface area (Å²) in [6, 6.07) is 9.27. The predicted molar refractivity (Wildman–Crippen MR) is 86.5 cm³/mol. The van der Waals surface area contributed by atoms with Crippen LogP contribution in [-0.2, 0) is 6.42 Å². The molecule has 0 bridgehead atoms. The van der Waals surface area contributed by atoms with Gasteiger partial charge in [-0.1, -0.05) is 53.7 Å². The molecule has 1 unspecified atom stereocenters. The zero-order valence-electron chi connectivity index (χ0n) is 12.0. The summed E-state index contributed by atoms with van der Waals surface area (Å²) in [7, 11) is 0. The van der Waals surface area contributed by atoms with Gasteiger partial charge in [-0.05, 0) is 56.3 Å². The Labute approximate surface area is 126 Å². The summed E-state index contributed by atoms with van der Waals surface area (Å²) in [5, 5.41) is 3.73. The summed E-state index contributed by atoms with van der Waals surface area (Å²) in [4.78, 5) is 0. The van der Waals surface area contributed by atoms with E-state index in [0.717, 1.165) is 16.8 Å². The number of hydrogen-bond donors (Lipinski definition) is 1. The Morgan fingerprint density at radius 2 is 1.74 bits per heavy atom. The molecule has 1 atom stereocenters. The molecule has 106 valence electrons. The van der Waals surface area contributed by atoms with E-state index in [2.05, 4.69) is 52.4 Å². The Balaban J connectivity index is 1.71. The van der Waals surface area contributed by atoms with Gasteiger partial charge in [-0.15, -0.1) is 0 Å². The van der Waals surface area contributed by atoms with Gasteiger partial charge in [0.05, 0.1) is 0 Å². The van der Waals surface area contributed by atoms with Crippen molar-refractivity contribution in [1.82, 2.24) is 5.32 Å². The molecular weight excluding hydrogens is 298 g/mol. The van der Waals surface area contributed by atoms with Crippen molar-refractivity contribution in [2.45, 2.75) is 57.9 Å². The fourth-order valence-electron chi connectivity index (χ4n) is 2.98. The molecule has 1 saturated carbocycles. The third-order valence-electron chi connectivity index (χ3n) is 4.18. The van der Waals surface area contributed by atoms with Crippen LogP contribution in [0.1, 0.15) is 51.0 Å². The molecule has 0 radical (unpaired) electrons. The van der Waals surface area contributed by atoms with Crippen LogP contribution in [0.3, 0.4) is 0 Å². The van der Waals surface area contributed by atoms with Crippen molar-refractivity contribution >= 4 is 15.9 Å². The molecule has 1 fully saturated rings. The first-order valence-electron chi connectivity index (χ1n) is 7.72. The quantitative estimate of drug-likeness (QED) is 0.757. The summed E-state index contributed by atoms with van der Waals surface area (Å²) in [6.07, 6.45) is 9.76. The van der Waals surface area contributed by atoms with Crippen molar-refractivity contribution in [2.75, 3.05) is 6.54 Å². The van der Waals surface area contributed by atoms with E-state index < -0.39 is 0 Å². The first-order valence-corrected chi connectivity index (χ1v) is 8.51. The molecule has 0 saturated heterocycles. The highest BCUT2D eigenvalue weighted by molar-refractivity contribution is 9.10. The monoisotopic (exact) mass is 323 g/mol. The second-order valence-corrected chi connectivity index (χ2v) is 6.91. The molecule has 1 N–H and O–H groups in total. The lowest BCUT2D eigenvalue weighted by Crippen LogP contribution is -2.32. The second-order valence-electron chi connectivity index (χ2n) is 6.00. The highest BCUT2D eigenvalue weighted by Crippen LogP contribution is 2.22. The standard InChI is InChI=1S/C17H26BrN/c1-14(12-15-8-10-17(18)11-9-15)19-13-16-6-4-2-3-5-7-16/h8-11,14,16,19H,2-7,12-13H2,1H3. The number of hydrogen-bond acceptors (Lipinski definition) is 1. The molecule has 1 aliphatic rings. The van der Waals surface area contributed by atoms with E-state index in [1.807, 2.05) is 0 Å². The van der Waals surface area contributed by atoms with Gasteiger partial charge in [0.2, 0.25) is 0 Å². The third-order valence-corrected chi connectivity index (χ3v) is 4.71. The van der Waals surface area contributed by atoms with Crippen molar-refractivity contribution in [3.05, 3.63) is 34.3 Å². The lowest BCUT2D eigenvalue weighted by atomic mass is 9.99. The van der Waals surface area contributed by atoms with Gasteiger partial charge in [0, 0.05) is 10.5 Å². The molecule has 0 spiro atoms. The van der Waals surface area contributed by atoms with E-state index in [4.69, 9.17) is 0 Å². The molecule has 0 heterocycles. The SMILES string of the molecule is CC(Cc1ccc(Br)cc1)NCC1CCCCCC1. The lowest BCUT2D eigenvalue weighted by molar-refractivity contribution is 0.398. The first-order chi connectivity index (χ1) is 9.24. The summed E-state index contributed by atoms with van der Waals surface area (Å²) >= 11 is 3.49. The van der Waals surface area contributed by atoms with Crippen LogP contribution in [0.5, 0.6) is 0 Å². The molecule has 1 aliphatic carbocycles. The van der Waals surface area contributed by atoms with Gasteiger partial charge < -0.3 is 5.32 Å². The van der Waals surface area contributed by atoms with Crippen LogP contribution in [0, 0.1) is 5.92 Å². The number of rotatable bonds is 5. The molecular formula is C17H26BrN. The largest absolute Gasteiger partial charge is 0.314 e. The summed E-state index contributed by atoms with van der Waals surface area (Å²) < 4.78 is 1.16. The van der Waals surface area contributed by atoms with Gasteiger partial charge in [0.1, 0.15) is 0 Å². The average molecular weight is 324 g/mol. The van der Waals surface area contributed by atoms with Crippen LogP contribution >= 0.6 is 15.9 Å². The van der Waals surface area contributed by atoms with E-state index in [-0.39, 0.29) is 0 Å². The maximum Gasteiger partial charge on any atom is 0.0175 e. The van der Waals surface area contributed by atoms with Crippen molar-refractivity contribution in [3.8, 4) is 0 Å². The number of nitrogens with one attached hydrogen (secondary N) is 1. The highest BCUT2D eigenvalue weighted by Gasteiger charge is 2.13. The van der Waals surface area contributed by atoms with Crippen LogP contribution in [0.2, 0.25) is 0 Å². The molecule has 1 nitrogen and oxygen atoms in total. The van der Waals surface area contributed by atoms with E-state index in [9.17, 15) is 0 Å². The zero-order chi connectivity index (χ0) is 13.5. The van der Waals surface area contributed by atoms with Crippen LogP contribution in [-0.4, -0.2) is 12.6 Å². The summed E-state index contributed by atoms with van der Waals surface area (Å²) in [5.41, 5.74) is 1.42. The van der Waals surface area contributed by atoms with Crippen LogP contribution in [0.25, 0.3) is 0 Å². The molecule has 0 aliphatic heterocycles. The topological polar surface area (TPSA) is 12.0 Å². The fourth-order valence-corrected chi connectivity index (χ4v) is 3.25. The average Bonchev–Trinajstić information content (AvgIpc) is 2.68. The maximum absolute atomic E-state index is 3.73. The maximum atomic E-state index is 3.73. The number of benzene rings is 1. The van der Waals surface area contributed by atoms with Crippen molar-refractivity contribution in [3.63, 3.8) is 0 Å². The Kier molecular flexibility index (Phi) is 6.39. The smallest absolute Gasteiger partial charge is 0.0175 e. The third kappa shape index (κ3) is 5.66. The van der Waals surface area contributed by atoms with Crippen LogP contribution < -0.4 is 5.32 Å². The Morgan fingerprint density at radius 3 is 2.37 bits per heavy atom. The van der Waals surface area contributed by atoms with Gasteiger partial charge in [-0.25, -0.2) is 0 Å². The van der Waals surface area contributed by atoms with Gasteiger partial charge >= 0.3 is 0 Å². The van der Waals surface area contributed by atoms with E-state index in [0.29, 0.717) is 6.04 Å². The fraction of sp³-hybridized carbons (Fsp3) is 0.647. The van der Waals surface area contributed by atoms with E-state index >= 15 is 0 Å². The molecule has 1 aromatic carbocycles. The van der Waals surface area contributed by atoms with Gasteiger partial charge in [-0.2, -0.15) is 0 Å². The van der Waals surface area contributed by atoms with Crippen molar-refractivity contribution in [1.29, 1.82) is 0 Å². The van der Waals surface area contributed by atoms with Crippen LogP contribution in [0.4, 0.5) is 0 Å². The normalized spacial score (nSPS) is 19.1. The van der Waals surface area contributed by atoms with E-state index in [1.165, 1.54) is 50.6 Å².